The molecule has 0 saturated heterocycles. The zero-order valence-corrected chi connectivity index (χ0v) is 44.2. The first-order chi connectivity index (χ1) is 30.8. The fraction of sp³-hybridized carbons (Fsp3) is 0.367. The molecule has 2 nitrogen and oxygen atoms in total. The van der Waals surface area contributed by atoms with Crippen LogP contribution in [0.5, 0.6) is 11.5 Å². The van der Waals surface area contributed by atoms with Gasteiger partial charge in [0.1, 0.15) is 0 Å². The molecule has 0 aromatic heterocycles. The molecule has 2 aliphatic rings. The quantitative estimate of drug-likeness (QED) is 0.129. The molecule has 6 aromatic rings. The van der Waals surface area contributed by atoms with Crippen LogP contribution in [0.4, 0.5) is 0 Å². The van der Waals surface area contributed by atoms with Gasteiger partial charge in [0.15, 0.2) is 0 Å². The topological polar surface area (TPSA) is 40.5 Å². The van der Waals surface area contributed by atoms with Crippen LogP contribution in [0, 0.1) is 41.5 Å². The van der Waals surface area contributed by atoms with Crippen LogP contribution in [0.25, 0.3) is 22.3 Å². The summed E-state index contributed by atoms with van der Waals surface area (Å²) < 4.78 is 0. The Morgan fingerprint density at radius 1 is 0.492 bits per heavy atom. The van der Waals surface area contributed by atoms with Crippen LogP contribution in [-0.4, -0.2) is 20.7 Å². The van der Waals surface area contributed by atoms with Crippen molar-refractivity contribution in [2.45, 2.75) is 141 Å². The second-order valence-corrected chi connectivity index (χ2v) is 31.8. The summed E-state index contributed by atoms with van der Waals surface area (Å²) in [7, 11) is 0.560. The summed E-state index contributed by atoms with van der Waals surface area (Å²) in [6.07, 6.45) is 8.01. The normalized spacial score (nSPS) is 18.3. The Bertz CT molecular complexity index is 2420. The third-order valence-electron chi connectivity index (χ3n) is 13.0. The van der Waals surface area contributed by atoms with Gasteiger partial charge in [-0.1, -0.05) is 12.1 Å². The van der Waals surface area contributed by atoms with Crippen LogP contribution in [0.2, 0.25) is 0 Å². The number of aryl methyl sites for hydroxylation is 4. The van der Waals surface area contributed by atoms with Crippen molar-refractivity contribution in [3.8, 4) is 33.8 Å². The van der Waals surface area contributed by atoms with E-state index in [-0.39, 0.29) is 42.2 Å². The van der Waals surface area contributed by atoms with Gasteiger partial charge in [-0.15, -0.1) is 24.3 Å². The number of hydrogen-bond acceptors (Lipinski definition) is 2. The van der Waals surface area contributed by atoms with Gasteiger partial charge in [0, 0.05) is 0 Å². The van der Waals surface area contributed by atoms with E-state index in [0.717, 1.165) is 55.4 Å². The molecule has 1 saturated carbocycles. The van der Waals surface area contributed by atoms with E-state index >= 15 is 0 Å². The fourth-order valence-electron chi connectivity index (χ4n) is 9.23. The van der Waals surface area contributed by atoms with Crippen LogP contribution < -0.4 is 0 Å². The van der Waals surface area contributed by atoms with Gasteiger partial charge in [-0.05, 0) is 0 Å². The molecule has 344 valence electrons. The fourth-order valence-corrected chi connectivity index (χ4v) is 30.1. The molecule has 6 aromatic carbocycles. The molecule has 5 heteroatoms. The summed E-state index contributed by atoms with van der Waals surface area (Å²) in [5.74, 6) is 3.00. The average molecular weight is 939 g/mol. The minimum absolute atomic E-state index is 0.0152. The van der Waals surface area contributed by atoms with Crippen molar-refractivity contribution in [1.82, 2.24) is 0 Å². The zero-order chi connectivity index (χ0) is 47.1. The molecule has 0 radical (unpaired) electrons. The predicted molar refractivity (Wildman–Crippen MR) is 283 cm³/mol. The van der Waals surface area contributed by atoms with Gasteiger partial charge < -0.3 is 0 Å². The molecule has 0 bridgehead atoms. The molecular formula is C60H74O2S2Ti-2. The molecule has 1 heterocycles. The molecule has 1 aliphatic carbocycles. The van der Waals surface area contributed by atoms with Crippen LogP contribution in [-0.2, 0) is 37.8 Å². The molecular weight excluding hydrogens is 865 g/mol. The van der Waals surface area contributed by atoms with Crippen LogP contribution in [0.3, 0.4) is 0 Å². The van der Waals surface area contributed by atoms with Gasteiger partial charge >= 0.3 is 321 Å². The summed E-state index contributed by atoms with van der Waals surface area (Å²) in [6, 6.07) is 42.0. The predicted octanol–water partition coefficient (Wildman–Crippen LogP) is 17.3. The first-order valence-electron chi connectivity index (χ1n) is 23.6. The molecule has 1 fully saturated rings. The Kier molecular flexibility index (Phi) is 17.3. The van der Waals surface area contributed by atoms with Crippen molar-refractivity contribution in [1.29, 1.82) is 0 Å². The van der Waals surface area contributed by atoms with E-state index in [1.807, 2.05) is 60.7 Å². The molecule has 1 aliphatic heterocycles. The average Bonchev–Trinajstić information content (AvgIpc) is 3.53. The Morgan fingerprint density at radius 3 is 1.12 bits per heavy atom. The summed E-state index contributed by atoms with van der Waals surface area (Å²) in [5, 5.41) is 25.8. The van der Waals surface area contributed by atoms with Crippen molar-refractivity contribution in [3.05, 3.63) is 191 Å². The Balaban J connectivity index is 0.000000424. The molecule has 0 amide bonds. The summed E-state index contributed by atoms with van der Waals surface area (Å²) >= 11 is -0.328. The largest absolute Gasteiger partial charge is 0.199 e. The number of aromatic hydroxyl groups is 2. The van der Waals surface area contributed by atoms with Gasteiger partial charge in [-0.3, -0.25) is 0 Å². The maximum atomic E-state index is 12.2. The second-order valence-electron chi connectivity index (χ2n) is 20.4. The maximum absolute atomic E-state index is 12.2. The monoisotopic (exact) mass is 938 g/mol. The molecule has 0 spiro atoms. The first-order valence-corrected chi connectivity index (χ1v) is 30.3. The second kappa shape index (κ2) is 22.2. The van der Waals surface area contributed by atoms with E-state index < -0.39 is 0 Å². The smallest absolute Gasteiger partial charge is 0.0866 e. The van der Waals surface area contributed by atoms with Crippen LogP contribution >= 0.6 is 15.9 Å². The molecule has 65 heavy (non-hydrogen) atoms. The van der Waals surface area contributed by atoms with E-state index in [2.05, 4.69) is 144 Å². The first kappa shape index (κ1) is 50.5. The zero-order valence-electron chi connectivity index (χ0n) is 41.0. The third-order valence-corrected chi connectivity index (χ3v) is 28.9. The van der Waals surface area contributed by atoms with E-state index in [1.165, 1.54) is 83.0 Å². The minimum atomic E-state index is -0.328. The van der Waals surface area contributed by atoms with E-state index in [4.69, 9.17) is 0 Å². The SMILES string of the molecule is Cc1cccc(C)c1-c1cc(C(C)(C)C)cc(C[S]2=[Ti]=[S@@](Cc3cc(C(C)(C)C)cc(-c4c(C)cccc4C)c3O)C3CCCCCC[C@@H]32)c1O.[CH2-]c1ccccc1.[CH2-]c1ccccc1. The number of rotatable bonds is 6. The number of hydrogen-bond donors (Lipinski definition) is 2. The van der Waals surface area contributed by atoms with Crippen molar-refractivity contribution >= 4 is 15.9 Å². The van der Waals surface area contributed by atoms with Gasteiger partial charge in [-0.2, -0.15) is 49.2 Å². The maximum Gasteiger partial charge on any atom is -0.0866 e. The van der Waals surface area contributed by atoms with Crippen molar-refractivity contribution in [2.75, 3.05) is 0 Å². The van der Waals surface area contributed by atoms with Crippen LogP contribution in [0.15, 0.2) is 121 Å². The number of benzene rings is 6. The third kappa shape index (κ3) is 13.0. The van der Waals surface area contributed by atoms with Crippen LogP contribution in [0.1, 0.15) is 136 Å². The Morgan fingerprint density at radius 2 is 0.831 bits per heavy atom. The van der Waals surface area contributed by atoms with Gasteiger partial charge in [0.2, 0.25) is 0 Å². The van der Waals surface area contributed by atoms with Gasteiger partial charge in [0.25, 0.3) is 0 Å². The standard InChI is InChI=1S/C46H60O2S2.2C7H7.Ti/c1-29-17-15-18-30(2)41(29)37-25-35(45(5,6)7)23-33(43(37)47)27-49-39-21-13-11-12-14-22-40(39)50-28-34-24-36(46(8,9)10)26-38(44(34)48)42-31(3)19-16-20-32(42)4;2*1-7-5-3-2-4-6-7;/h15-20,23-26,39-40,47-48H,11-14,21-22,27-28H2,1-10H3;2*2-6H,1H2;/q;2*-1;/t39-,40?;;;/m0.../s1. The van der Waals surface area contributed by atoms with E-state index in [9.17, 15) is 10.2 Å². The van der Waals surface area contributed by atoms with Crippen molar-refractivity contribution in [2.24, 2.45) is 0 Å². The summed E-state index contributed by atoms with van der Waals surface area (Å²) in [6.45, 7) is 30.0. The number of phenols is 2. The van der Waals surface area contributed by atoms with E-state index in [1.54, 1.807) is 0 Å². The molecule has 4 atom stereocenters. The van der Waals surface area contributed by atoms with Crippen molar-refractivity contribution < 1.29 is 25.7 Å². The Labute approximate surface area is 403 Å². The molecule has 2 unspecified atom stereocenters. The minimum Gasteiger partial charge on any atom is -0.199 e. The van der Waals surface area contributed by atoms with Gasteiger partial charge in [-0.25, -0.2) is 0 Å². The van der Waals surface area contributed by atoms with Crippen molar-refractivity contribution in [3.63, 3.8) is 0 Å². The number of phenolic OH excluding ortho intramolecular Hbond substituents is 2. The molecule has 8 rings (SSSR count). The molecule has 2 N–H and O–H groups in total. The Hall–Kier alpha value is -3.93. The summed E-state index contributed by atoms with van der Waals surface area (Å²) in [4.78, 5) is 0. The van der Waals surface area contributed by atoms with Gasteiger partial charge in [0.05, 0.1) is 0 Å². The number of fused-ring (bicyclic) bond motifs is 1. The van der Waals surface area contributed by atoms with E-state index in [0.29, 0.717) is 11.5 Å². The summed E-state index contributed by atoms with van der Waals surface area (Å²) in [5.41, 5.74) is 16.3.